The highest BCUT2D eigenvalue weighted by Gasteiger charge is 2.36. The number of benzene rings is 4. The van der Waals surface area contributed by atoms with Crippen LogP contribution in [0.15, 0.2) is 81.6 Å². The van der Waals surface area contributed by atoms with Gasteiger partial charge >= 0.3 is 12.4 Å². The van der Waals surface area contributed by atoms with Gasteiger partial charge in [-0.15, -0.1) is 0 Å². The summed E-state index contributed by atoms with van der Waals surface area (Å²) in [6.45, 7) is 0. The summed E-state index contributed by atoms with van der Waals surface area (Å²) in [7, 11) is 0. The van der Waals surface area contributed by atoms with Gasteiger partial charge < -0.3 is 20.3 Å². The summed E-state index contributed by atoms with van der Waals surface area (Å²) >= 11 is 0. The molecule has 2 heterocycles. The molecular weight excluding hydrogens is 566 g/mol. The summed E-state index contributed by atoms with van der Waals surface area (Å²) in [4.78, 5) is 21.6. The van der Waals surface area contributed by atoms with Crippen molar-refractivity contribution in [3.8, 4) is 22.9 Å². The molecule has 7 nitrogen and oxygen atoms in total. The van der Waals surface area contributed by atoms with E-state index in [4.69, 9.17) is 20.3 Å². The van der Waals surface area contributed by atoms with E-state index in [0.29, 0.717) is 0 Å². The number of ketones is 1. The van der Waals surface area contributed by atoms with Crippen molar-refractivity contribution in [1.82, 2.24) is 9.97 Å². The van der Waals surface area contributed by atoms with Gasteiger partial charge in [0.15, 0.2) is 16.9 Å². The summed E-state index contributed by atoms with van der Waals surface area (Å²) in [6.07, 6.45) is -9.43. The number of hydrogen-bond acceptors (Lipinski definition) is 7. The van der Waals surface area contributed by atoms with E-state index in [2.05, 4.69) is 9.97 Å². The largest absolute Gasteiger partial charge is 0.436 e. The number of fused-ring (bicyclic) bond motifs is 2. The first kappa shape index (κ1) is 26.9. The van der Waals surface area contributed by atoms with Crippen LogP contribution in [0.25, 0.3) is 45.1 Å². The molecule has 0 radical (unpaired) electrons. The van der Waals surface area contributed by atoms with E-state index in [1.54, 1.807) is 0 Å². The van der Waals surface area contributed by atoms with Crippen LogP contribution in [0.3, 0.4) is 0 Å². The van der Waals surface area contributed by atoms with E-state index in [0.717, 1.165) is 24.3 Å². The van der Waals surface area contributed by atoms with Crippen LogP contribution < -0.4 is 11.5 Å². The minimum absolute atomic E-state index is 0.0828. The van der Waals surface area contributed by atoms with Crippen LogP contribution in [-0.4, -0.2) is 15.8 Å². The first-order valence-corrected chi connectivity index (χ1v) is 12.1. The summed E-state index contributed by atoms with van der Waals surface area (Å²) < 4.78 is 92.6. The molecule has 42 heavy (non-hydrogen) atoms. The second-order valence-electron chi connectivity index (χ2n) is 9.34. The highest BCUT2D eigenvalue weighted by atomic mass is 19.4. The molecule has 0 spiro atoms. The molecule has 6 aromatic rings. The van der Waals surface area contributed by atoms with Gasteiger partial charge in [0.2, 0.25) is 11.8 Å². The Morgan fingerprint density at radius 3 is 1.38 bits per heavy atom. The highest BCUT2D eigenvalue weighted by molar-refractivity contribution is 6.11. The standard InChI is InChI=1S/C29H16F6N4O3/c30-28(31,32)19-11-15(36)3-5-17(19)26-38-21-9-13(1-7-23(21)41-26)25(40)14-2-8-24-22(10-14)39-27(42-24)18-6-4-16(37)12-20(18)29(33,34)35/h1-12H,36-37H2. The number of nitrogens with zero attached hydrogens (tertiary/aromatic N) is 2. The fourth-order valence-electron chi connectivity index (χ4n) is 4.50. The molecule has 0 unspecified atom stereocenters. The lowest BCUT2D eigenvalue weighted by atomic mass is 10.0. The molecule has 2 aromatic heterocycles. The molecule has 0 fully saturated rings. The molecule has 0 aliphatic rings. The van der Waals surface area contributed by atoms with Crippen LogP contribution in [0.2, 0.25) is 0 Å². The number of nitrogens with two attached hydrogens (primary N) is 2. The van der Waals surface area contributed by atoms with E-state index in [-0.39, 0.29) is 67.6 Å². The number of nitrogen functional groups attached to an aromatic ring is 2. The molecule has 0 bridgehead atoms. The van der Waals surface area contributed by atoms with Crippen molar-refractivity contribution in [2.45, 2.75) is 12.4 Å². The van der Waals surface area contributed by atoms with Gasteiger partial charge in [-0.1, -0.05) is 0 Å². The van der Waals surface area contributed by atoms with Crippen LogP contribution in [0.4, 0.5) is 37.7 Å². The third kappa shape index (κ3) is 4.78. The quantitative estimate of drug-likeness (QED) is 0.124. The lowest BCUT2D eigenvalue weighted by Gasteiger charge is -2.11. The highest BCUT2D eigenvalue weighted by Crippen LogP contribution is 2.40. The molecule has 0 saturated heterocycles. The van der Waals surface area contributed by atoms with Crippen LogP contribution in [0.1, 0.15) is 27.0 Å². The Morgan fingerprint density at radius 2 is 1.00 bits per heavy atom. The van der Waals surface area contributed by atoms with Crippen LogP contribution >= 0.6 is 0 Å². The van der Waals surface area contributed by atoms with Crippen LogP contribution in [-0.2, 0) is 12.4 Å². The molecule has 212 valence electrons. The molecule has 0 saturated carbocycles. The summed E-state index contributed by atoms with van der Waals surface area (Å²) in [5.74, 6) is -1.11. The zero-order valence-electron chi connectivity index (χ0n) is 21.0. The monoisotopic (exact) mass is 582 g/mol. The Balaban J connectivity index is 1.35. The molecule has 0 atom stereocenters. The molecule has 13 heteroatoms. The van der Waals surface area contributed by atoms with Gasteiger partial charge in [0, 0.05) is 33.6 Å². The van der Waals surface area contributed by atoms with Crippen molar-refractivity contribution in [2.24, 2.45) is 0 Å². The van der Waals surface area contributed by atoms with Gasteiger partial charge in [-0.3, -0.25) is 4.79 Å². The predicted octanol–water partition coefficient (Wildman–Crippen LogP) is 7.74. The Labute approximate surface area is 231 Å². The fourth-order valence-corrected chi connectivity index (χ4v) is 4.50. The Kier molecular flexibility index (Phi) is 5.99. The molecule has 0 aliphatic carbocycles. The first-order chi connectivity index (χ1) is 19.8. The third-order valence-electron chi connectivity index (χ3n) is 6.46. The smallest absolute Gasteiger partial charge is 0.417 e. The maximum Gasteiger partial charge on any atom is 0.417 e. The molecule has 0 aliphatic heterocycles. The SMILES string of the molecule is Nc1ccc(-c2nc3cc(C(=O)c4ccc5oc(-c6ccc(N)cc6C(F)(F)F)nc5c4)ccc3o2)c(C(F)(F)F)c1. The van der Waals surface area contributed by atoms with Crippen molar-refractivity contribution >= 4 is 39.4 Å². The average molecular weight is 582 g/mol. The van der Waals surface area contributed by atoms with Gasteiger partial charge in [-0.25, -0.2) is 9.97 Å². The second kappa shape index (κ2) is 9.36. The molecule has 6 rings (SSSR count). The minimum Gasteiger partial charge on any atom is -0.436 e. The fraction of sp³-hybridized carbons (Fsp3) is 0.0690. The van der Waals surface area contributed by atoms with Crippen LogP contribution in [0, 0.1) is 0 Å². The van der Waals surface area contributed by atoms with Gasteiger partial charge in [-0.05, 0) is 72.8 Å². The molecule has 4 aromatic carbocycles. The molecule has 0 amide bonds. The zero-order chi connectivity index (χ0) is 30.0. The third-order valence-corrected chi connectivity index (χ3v) is 6.46. The van der Waals surface area contributed by atoms with Crippen molar-refractivity contribution < 1.29 is 40.0 Å². The van der Waals surface area contributed by atoms with Gasteiger partial charge in [0.25, 0.3) is 0 Å². The van der Waals surface area contributed by atoms with E-state index in [9.17, 15) is 31.1 Å². The maximum atomic E-state index is 13.6. The lowest BCUT2D eigenvalue weighted by molar-refractivity contribution is -0.137. The summed E-state index contributed by atoms with van der Waals surface area (Å²) in [5.41, 5.74) is 9.05. The van der Waals surface area contributed by atoms with Gasteiger partial charge in [0.05, 0.1) is 11.1 Å². The van der Waals surface area contributed by atoms with Gasteiger partial charge in [0.1, 0.15) is 11.0 Å². The topological polar surface area (TPSA) is 121 Å². The predicted molar refractivity (Wildman–Crippen MR) is 141 cm³/mol. The number of alkyl halides is 6. The molecule has 4 N–H and O–H groups in total. The van der Waals surface area contributed by atoms with Crippen molar-refractivity contribution in [3.05, 3.63) is 95.1 Å². The maximum absolute atomic E-state index is 13.6. The van der Waals surface area contributed by atoms with E-state index >= 15 is 0 Å². The Morgan fingerprint density at radius 1 is 0.595 bits per heavy atom. The number of hydrogen-bond donors (Lipinski definition) is 2. The number of oxazole rings is 2. The summed E-state index contributed by atoms with van der Waals surface area (Å²) in [6, 6.07) is 14.8. The average Bonchev–Trinajstić information content (AvgIpc) is 3.55. The van der Waals surface area contributed by atoms with Crippen molar-refractivity contribution in [1.29, 1.82) is 0 Å². The first-order valence-electron chi connectivity index (χ1n) is 12.1. The Bertz CT molecular complexity index is 1880. The minimum atomic E-state index is -4.71. The van der Waals surface area contributed by atoms with Crippen molar-refractivity contribution in [3.63, 3.8) is 0 Å². The van der Waals surface area contributed by atoms with E-state index in [1.165, 1.54) is 48.5 Å². The number of aromatic nitrogens is 2. The zero-order valence-corrected chi connectivity index (χ0v) is 21.0. The number of rotatable bonds is 4. The van der Waals surface area contributed by atoms with Gasteiger partial charge in [-0.2, -0.15) is 26.3 Å². The van der Waals surface area contributed by atoms with Crippen LogP contribution in [0.5, 0.6) is 0 Å². The molecular formula is C29H16F6N4O3. The number of carbonyl (C=O) groups excluding carboxylic acids is 1. The summed E-state index contributed by atoms with van der Waals surface area (Å²) in [5, 5.41) is 0. The second-order valence-corrected chi connectivity index (χ2v) is 9.34. The van der Waals surface area contributed by atoms with E-state index < -0.39 is 29.3 Å². The number of carbonyl (C=O) groups is 1. The number of anilines is 2. The van der Waals surface area contributed by atoms with Crippen molar-refractivity contribution in [2.75, 3.05) is 11.5 Å². The number of halogens is 6. The lowest BCUT2D eigenvalue weighted by Crippen LogP contribution is -2.08. The van der Waals surface area contributed by atoms with E-state index in [1.807, 2.05) is 0 Å². The normalized spacial score (nSPS) is 12.3. The Hall–Kier alpha value is -5.33.